The normalized spacial score (nSPS) is 45.4. The number of carboxylic acid groups (broad SMARTS) is 1. The summed E-state index contributed by atoms with van der Waals surface area (Å²) < 4.78 is 0. The van der Waals surface area contributed by atoms with Gasteiger partial charge in [-0.2, -0.15) is 0 Å². The summed E-state index contributed by atoms with van der Waals surface area (Å²) in [5, 5.41) is 12.3. The van der Waals surface area contributed by atoms with Crippen LogP contribution in [0, 0.1) is 35.5 Å². The van der Waals surface area contributed by atoms with Gasteiger partial charge in [0.25, 0.3) is 0 Å². The highest BCUT2D eigenvalue weighted by atomic mass is 16.4. The average molecular weight is 263 g/mol. The Hall–Kier alpha value is -1.06. The fourth-order valence-corrected chi connectivity index (χ4v) is 5.01. The van der Waals surface area contributed by atoms with E-state index in [1.165, 1.54) is 19.3 Å². The van der Waals surface area contributed by atoms with E-state index < -0.39 is 11.5 Å². The van der Waals surface area contributed by atoms with Gasteiger partial charge in [-0.1, -0.05) is 0 Å². The van der Waals surface area contributed by atoms with E-state index in [9.17, 15) is 14.7 Å². The molecule has 0 aromatic rings. The Kier molecular flexibility index (Phi) is 2.18. The lowest BCUT2D eigenvalue weighted by Gasteiger charge is -2.26. The maximum Gasteiger partial charge on any atom is 0.329 e. The fraction of sp³-hybridized carbons (Fsp3) is 0.867. The quantitative estimate of drug-likeness (QED) is 0.810. The number of hydrogen-bond donors (Lipinski definition) is 2. The summed E-state index contributed by atoms with van der Waals surface area (Å²) in [6, 6.07) is 0. The van der Waals surface area contributed by atoms with E-state index in [0.717, 1.165) is 24.7 Å². The molecule has 0 heterocycles. The van der Waals surface area contributed by atoms with Crippen LogP contribution >= 0.6 is 0 Å². The first-order valence-electron chi connectivity index (χ1n) is 7.58. The zero-order valence-electron chi connectivity index (χ0n) is 11.3. The zero-order valence-corrected chi connectivity index (χ0v) is 11.3. The molecular weight excluding hydrogens is 242 g/mol. The molecule has 4 aliphatic rings. The molecule has 5 atom stereocenters. The molecule has 19 heavy (non-hydrogen) atoms. The molecule has 0 spiro atoms. The predicted octanol–water partition coefficient (Wildman–Crippen LogP) is 1.65. The number of carboxylic acids is 1. The lowest BCUT2D eigenvalue weighted by Crippen LogP contribution is -2.54. The van der Waals surface area contributed by atoms with Crippen molar-refractivity contribution < 1.29 is 14.7 Å². The van der Waals surface area contributed by atoms with Crippen LogP contribution in [0.2, 0.25) is 0 Å². The number of amides is 1. The van der Waals surface area contributed by atoms with Crippen molar-refractivity contribution in [3.63, 3.8) is 0 Å². The molecule has 4 heteroatoms. The maximum absolute atomic E-state index is 12.4. The highest BCUT2D eigenvalue weighted by Gasteiger charge is 2.68. The number of carbonyl (C=O) groups excluding carboxylic acids is 1. The van der Waals surface area contributed by atoms with Gasteiger partial charge in [-0.15, -0.1) is 0 Å². The van der Waals surface area contributed by atoms with Gasteiger partial charge in [0.05, 0.1) is 0 Å². The number of aliphatic carboxylic acids is 1. The van der Waals surface area contributed by atoms with Crippen molar-refractivity contribution in [2.75, 3.05) is 0 Å². The molecule has 1 amide bonds. The molecule has 2 N–H and O–H groups in total. The molecule has 2 bridgehead atoms. The molecule has 4 fully saturated rings. The molecule has 104 valence electrons. The first-order chi connectivity index (χ1) is 9.02. The molecule has 4 nitrogen and oxygen atoms in total. The Morgan fingerprint density at radius 1 is 1.11 bits per heavy atom. The minimum Gasteiger partial charge on any atom is -0.480 e. The fourth-order valence-electron chi connectivity index (χ4n) is 5.01. The molecule has 0 saturated heterocycles. The molecule has 4 rings (SSSR count). The number of nitrogens with one attached hydrogen (secondary N) is 1. The molecule has 4 saturated carbocycles. The third kappa shape index (κ3) is 1.52. The number of carbonyl (C=O) groups is 2. The van der Waals surface area contributed by atoms with Crippen LogP contribution in [-0.4, -0.2) is 22.5 Å². The minimum atomic E-state index is -1.03. The third-order valence-corrected chi connectivity index (χ3v) is 6.26. The Labute approximate surface area is 112 Å². The Morgan fingerprint density at radius 3 is 2.16 bits per heavy atom. The summed E-state index contributed by atoms with van der Waals surface area (Å²) in [4.78, 5) is 23.9. The van der Waals surface area contributed by atoms with Crippen LogP contribution in [0.4, 0.5) is 0 Å². The van der Waals surface area contributed by atoms with Crippen LogP contribution in [0.1, 0.15) is 39.0 Å². The van der Waals surface area contributed by atoms with E-state index in [2.05, 4.69) is 5.32 Å². The van der Waals surface area contributed by atoms with E-state index in [0.29, 0.717) is 11.8 Å². The Bertz CT molecular complexity index is 442. The molecule has 0 aromatic carbocycles. The van der Waals surface area contributed by atoms with Crippen molar-refractivity contribution in [3.05, 3.63) is 0 Å². The van der Waals surface area contributed by atoms with E-state index in [1.807, 2.05) is 0 Å². The van der Waals surface area contributed by atoms with Gasteiger partial charge < -0.3 is 10.4 Å². The Balaban J connectivity index is 1.46. The molecule has 0 aromatic heterocycles. The molecule has 0 aliphatic heterocycles. The Morgan fingerprint density at radius 2 is 1.68 bits per heavy atom. The minimum absolute atomic E-state index is 0.0170. The van der Waals surface area contributed by atoms with Crippen molar-refractivity contribution in [1.29, 1.82) is 0 Å². The second kappa shape index (κ2) is 3.53. The smallest absolute Gasteiger partial charge is 0.329 e. The van der Waals surface area contributed by atoms with Crippen molar-refractivity contribution in [3.8, 4) is 0 Å². The van der Waals surface area contributed by atoms with Gasteiger partial charge in [-0.3, -0.25) is 4.79 Å². The predicted molar refractivity (Wildman–Crippen MR) is 68.2 cm³/mol. The van der Waals surface area contributed by atoms with Gasteiger partial charge in [0, 0.05) is 5.92 Å². The highest BCUT2D eigenvalue weighted by molar-refractivity contribution is 5.90. The highest BCUT2D eigenvalue weighted by Crippen LogP contribution is 2.69. The molecule has 0 radical (unpaired) electrons. The van der Waals surface area contributed by atoms with Crippen molar-refractivity contribution >= 4 is 11.9 Å². The van der Waals surface area contributed by atoms with E-state index >= 15 is 0 Å². The van der Waals surface area contributed by atoms with Crippen LogP contribution in [0.15, 0.2) is 0 Å². The number of hydrogen-bond acceptors (Lipinski definition) is 2. The summed E-state index contributed by atoms with van der Waals surface area (Å²) in [7, 11) is 0. The summed E-state index contributed by atoms with van der Waals surface area (Å²) >= 11 is 0. The summed E-state index contributed by atoms with van der Waals surface area (Å²) in [6.45, 7) is 1.68. The summed E-state index contributed by atoms with van der Waals surface area (Å²) in [6.07, 6.45) is 5.73. The lowest BCUT2D eigenvalue weighted by atomic mass is 9.94. The molecule has 4 aliphatic carbocycles. The average Bonchev–Trinajstić information content (AvgIpc) is 3.27. The van der Waals surface area contributed by atoms with Gasteiger partial charge in [0.2, 0.25) is 5.91 Å². The lowest BCUT2D eigenvalue weighted by molar-refractivity contribution is -0.148. The van der Waals surface area contributed by atoms with Gasteiger partial charge in [-0.05, 0) is 68.6 Å². The molecule has 5 unspecified atom stereocenters. The van der Waals surface area contributed by atoms with Crippen LogP contribution in [0.3, 0.4) is 0 Å². The first-order valence-corrected chi connectivity index (χ1v) is 7.58. The largest absolute Gasteiger partial charge is 0.480 e. The van der Waals surface area contributed by atoms with Crippen LogP contribution in [0.25, 0.3) is 0 Å². The zero-order chi connectivity index (χ0) is 13.4. The third-order valence-electron chi connectivity index (χ3n) is 6.26. The molecular formula is C15H21NO3. The van der Waals surface area contributed by atoms with E-state index in [4.69, 9.17) is 0 Å². The van der Waals surface area contributed by atoms with Gasteiger partial charge >= 0.3 is 5.97 Å². The SMILES string of the molecule is CC(NC(=O)C1C2C3CCC(C3)C12)(C(=O)O)C1CC1. The van der Waals surface area contributed by atoms with Gasteiger partial charge in [-0.25, -0.2) is 4.79 Å². The van der Waals surface area contributed by atoms with Crippen LogP contribution in [0.5, 0.6) is 0 Å². The number of rotatable bonds is 4. The topological polar surface area (TPSA) is 66.4 Å². The van der Waals surface area contributed by atoms with Crippen LogP contribution < -0.4 is 5.32 Å². The van der Waals surface area contributed by atoms with E-state index in [-0.39, 0.29) is 17.7 Å². The maximum atomic E-state index is 12.4. The van der Waals surface area contributed by atoms with Crippen molar-refractivity contribution in [2.45, 2.75) is 44.6 Å². The van der Waals surface area contributed by atoms with Gasteiger partial charge in [0.1, 0.15) is 5.54 Å². The van der Waals surface area contributed by atoms with E-state index in [1.54, 1.807) is 6.92 Å². The van der Waals surface area contributed by atoms with Crippen molar-refractivity contribution in [1.82, 2.24) is 5.32 Å². The monoisotopic (exact) mass is 263 g/mol. The summed E-state index contributed by atoms with van der Waals surface area (Å²) in [5.41, 5.74) is -1.03. The summed E-state index contributed by atoms with van der Waals surface area (Å²) in [5.74, 6) is 2.06. The second-order valence-electron chi connectivity index (χ2n) is 7.28. The first kappa shape index (κ1) is 11.7. The van der Waals surface area contributed by atoms with Crippen molar-refractivity contribution in [2.24, 2.45) is 35.5 Å². The standard InChI is InChI=1S/C15H21NO3/c1-15(14(18)19,9-4-5-9)16-13(17)12-10-7-2-3-8(6-7)11(10)12/h7-12H,2-6H2,1H3,(H,16,17)(H,18,19). The second-order valence-corrected chi connectivity index (χ2v) is 7.28. The number of fused-ring (bicyclic) bond motifs is 5. The van der Waals surface area contributed by atoms with Crippen LogP contribution in [-0.2, 0) is 9.59 Å². The van der Waals surface area contributed by atoms with Gasteiger partial charge in [0.15, 0.2) is 0 Å².